The second kappa shape index (κ2) is 10.0. The molecule has 142 valence electrons. The minimum absolute atomic E-state index is 0.255. The Morgan fingerprint density at radius 1 is 1.30 bits per heavy atom. The van der Waals surface area contributed by atoms with Gasteiger partial charge in [0.15, 0.2) is 5.16 Å². The van der Waals surface area contributed by atoms with Crippen molar-refractivity contribution in [2.75, 3.05) is 19.6 Å². The van der Waals surface area contributed by atoms with E-state index >= 15 is 0 Å². The first-order chi connectivity index (χ1) is 13.2. The molecule has 3 rings (SSSR count). The number of nitrogens with one attached hydrogen (secondary N) is 2. The summed E-state index contributed by atoms with van der Waals surface area (Å²) in [5.41, 5.74) is 5.06. The molecule has 1 aliphatic heterocycles. The van der Waals surface area contributed by atoms with Crippen LogP contribution >= 0.6 is 11.8 Å². The summed E-state index contributed by atoms with van der Waals surface area (Å²) in [6.45, 7) is 1.99. The molecule has 2 heterocycles. The van der Waals surface area contributed by atoms with Crippen molar-refractivity contribution in [1.82, 2.24) is 20.7 Å². The monoisotopic (exact) mass is 385 g/mol. The van der Waals surface area contributed by atoms with Crippen LogP contribution in [0.25, 0.3) is 0 Å². The van der Waals surface area contributed by atoms with Crippen LogP contribution in [0.2, 0.25) is 0 Å². The van der Waals surface area contributed by atoms with Crippen LogP contribution in [0.5, 0.6) is 0 Å². The lowest BCUT2D eigenvalue weighted by Crippen LogP contribution is -2.42. The summed E-state index contributed by atoms with van der Waals surface area (Å²) in [5.74, 6) is 0.0368. The van der Waals surface area contributed by atoms with Gasteiger partial charge in [-0.2, -0.15) is 5.10 Å². The Hall–Kier alpha value is -2.45. The molecule has 1 aromatic carbocycles. The minimum Gasteiger partial charge on any atom is -0.481 e. The third-order valence-electron chi connectivity index (χ3n) is 4.33. The number of rotatable bonds is 8. The first kappa shape index (κ1) is 19.3. The van der Waals surface area contributed by atoms with Gasteiger partial charge in [0, 0.05) is 36.8 Å². The van der Waals surface area contributed by atoms with Crippen molar-refractivity contribution in [1.29, 1.82) is 0 Å². The molecule has 0 bridgehead atoms. The highest BCUT2D eigenvalue weighted by Crippen LogP contribution is 2.18. The Labute approximate surface area is 162 Å². The Bertz CT molecular complexity index is 754. The molecule has 1 saturated heterocycles. The van der Waals surface area contributed by atoms with Crippen LogP contribution in [0.3, 0.4) is 0 Å². The van der Waals surface area contributed by atoms with E-state index in [1.165, 1.54) is 5.56 Å². The van der Waals surface area contributed by atoms with Gasteiger partial charge in [-0.1, -0.05) is 42.1 Å². The third kappa shape index (κ3) is 6.33. The lowest BCUT2D eigenvalue weighted by atomic mass is 9.91. The molecule has 1 fully saturated rings. The molecule has 2 atom stereocenters. The van der Waals surface area contributed by atoms with E-state index in [-0.39, 0.29) is 11.8 Å². The molecular weight excluding hydrogens is 362 g/mol. The van der Waals surface area contributed by atoms with Crippen LogP contribution in [0, 0.1) is 11.8 Å². The predicted molar refractivity (Wildman–Crippen MR) is 106 cm³/mol. The van der Waals surface area contributed by atoms with Crippen molar-refractivity contribution >= 4 is 23.9 Å². The van der Waals surface area contributed by atoms with E-state index in [9.17, 15) is 4.79 Å². The number of aliphatic carboxylic acids is 1. The number of carboxylic acids is 1. The quantitative estimate of drug-likeness (QED) is 0.277. The van der Waals surface area contributed by atoms with Gasteiger partial charge in [0.1, 0.15) is 0 Å². The Balaban J connectivity index is 1.41. The lowest BCUT2D eigenvalue weighted by molar-refractivity contribution is -0.142. The highest BCUT2D eigenvalue weighted by Gasteiger charge is 2.26. The molecular formula is C19H23N5O2S. The number of piperidine rings is 1. The van der Waals surface area contributed by atoms with E-state index in [2.05, 4.69) is 37.9 Å². The fourth-order valence-electron chi connectivity index (χ4n) is 2.87. The Morgan fingerprint density at radius 3 is 2.81 bits per heavy atom. The number of thioether (sulfide) groups is 1. The van der Waals surface area contributed by atoms with E-state index in [1.807, 2.05) is 18.2 Å². The van der Waals surface area contributed by atoms with Crippen molar-refractivity contribution in [3.8, 4) is 0 Å². The molecule has 27 heavy (non-hydrogen) atoms. The Kier molecular flexibility index (Phi) is 7.18. The molecule has 3 N–H and O–H groups in total. The molecule has 2 aromatic rings. The summed E-state index contributed by atoms with van der Waals surface area (Å²) in [5, 5.41) is 17.2. The fourth-order valence-corrected chi connectivity index (χ4v) is 3.61. The largest absolute Gasteiger partial charge is 0.481 e. The fraction of sp³-hybridized carbons (Fsp3) is 0.368. The van der Waals surface area contributed by atoms with E-state index in [1.54, 1.807) is 30.4 Å². The van der Waals surface area contributed by atoms with Crippen LogP contribution in [0.4, 0.5) is 0 Å². The number of hydrogen-bond donors (Lipinski definition) is 3. The maximum atomic E-state index is 11.1. The van der Waals surface area contributed by atoms with Crippen LogP contribution in [0.1, 0.15) is 17.5 Å². The van der Waals surface area contributed by atoms with Crippen LogP contribution < -0.4 is 10.7 Å². The third-order valence-corrected chi connectivity index (χ3v) is 5.28. The average molecular weight is 385 g/mol. The minimum atomic E-state index is -0.738. The molecule has 0 saturated carbocycles. The highest BCUT2D eigenvalue weighted by molar-refractivity contribution is 7.98. The summed E-state index contributed by atoms with van der Waals surface area (Å²) < 4.78 is 0. The summed E-state index contributed by atoms with van der Waals surface area (Å²) in [4.78, 5) is 19.8. The van der Waals surface area contributed by atoms with Crippen molar-refractivity contribution in [3.05, 3.63) is 53.9 Å². The number of aromatic nitrogens is 2. The molecule has 0 radical (unpaired) electrons. The second-order valence-corrected chi connectivity index (χ2v) is 7.43. The van der Waals surface area contributed by atoms with Gasteiger partial charge in [-0.15, -0.1) is 0 Å². The molecule has 1 aromatic heterocycles. The number of hydrogen-bond acceptors (Lipinski definition) is 7. The number of benzene rings is 1. The van der Waals surface area contributed by atoms with Crippen molar-refractivity contribution < 1.29 is 9.90 Å². The van der Waals surface area contributed by atoms with E-state index < -0.39 is 5.97 Å². The highest BCUT2D eigenvalue weighted by atomic mass is 32.2. The smallest absolute Gasteiger partial charge is 0.307 e. The normalized spacial score (nSPS) is 19.9. The summed E-state index contributed by atoms with van der Waals surface area (Å²) in [7, 11) is 0. The van der Waals surface area contributed by atoms with Gasteiger partial charge < -0.3 is 15.8 Å². The standard InChI is InChI=1S/C19H23N5O2S/c25-18(26)17-6-15(7-20-12-17)10-23-24-11-16-8-21-19(22-9-16)27-13-14-4-2-1-3-5-14/h1-5,8-9,11,15,17,20,23H,6-7,10,12-13H2,(H,25,26)/b24-11+/t15-,17+/m0/s1. The van der Waals surface area contributed by atoms with Crippen molar-refractivity contribution in [2.24, 2.45) is 16.9 Å². The summed E-state index contributed by atoms with van der Waals surface area (Å²) in [6, 6.07) is 10.2. The topological polar surface area (TPSA) is 99.5 Å². The summed E-state index contributed by atoms with van der Waals surface area (Å²) >= 11 is 1.59. The maximum absolute atomic E-state index is 11.1. The van der Waals surface area contributed by atoms with Gasteiger partial charge in [-0.05, 0) is 24.4 Å². The van der Waals surface area contributed by atoms with Crippen LogP contribution in [-0.4, -0.2) is 46.9 Å². The average Bonchev–Trinajstić information content (AvgIpc) is 2.71. The van der Waals surface area contributed by atoms with E-state index in [4.69, 9.17) is 5.11 Å². The number of carboxylic acid groups (broad SMARTS) is 1. The first-order valence-corrected chi connectivity index (χ1v) is 9.87. The molecule has 8 heteroatoms. The van der Waals surface area contributed by atoms with Gasteiger partial charge in [0.2, 0.25) is 0 Å². The molecule has 0 spiro atoms. The molecule has 0 amide bonds. The van der Waals surface area contributed by atoms with Crippen molar-refractivity contribution in [2.45, 2.75) is 17.3 Å². The molecule has 0 unspecified atom stereocenters. The SMILES string of the molecule is O=C(O)[C@H]1CNC[C@@H](CN/N=C/c2cnc(SCc3ccccc3)nc2)C1. The van der Waals surface area contributed by atoms with E-state index in [0.717, 1.165) is 23.0 Å². The van der Waals surface area contributed by atoms with Crippen LogP contribution in [0.15, 0.2) is 53.0 Å². The number of hydrazone groups is 1. The lowest BCUT2D eigenvalue weighted by Gasteiger charge is -2.27. The van der Waals surface area contributed by atoms with Crippen LogP contribution in [-0.2, 0) is 10.5 Å². The molecule has 1 aliphatic rings. The first-order valence-electron chi connectivity index (χ1n) is 8.89. The van der Waals surface area contributed by atoms with E-state index in [0.29, 0.717) is 19.5 Å². The van der Waals surface area contributed by atoms with Gasteiger partial charge in [0.05, 0.1) is 12.1 Å². The van der Waals surface area contributed by atoms with Crippen molar-refractivity contribution in [3.63, 3.8) is 0 Å². The molecule has 7 nitrogen and oxygen atoms in total. The zero-order valence-corrected chi connectivity index (χ0v) is 15.7. The van der Waals surface area contributed by atoms with Gasteiger partial charge in [-0.3, -0.25) is 4.79 Å². The summed E-state index contributed by atoms with van der Waals surface area (Å²) in [6.07, 6.45) is 5.83. The zero-order valence-electron chi connectivity index (χ0n) is 14.9. The Morgan fingerprint density at radius 2 is 2.07 bits per heavy atom. The van der Waals surface area contributed by atoms with Gasteiger partial charge >= 0.3 is 5.97 Å². The second-order valence-electron chi connectivity index (χ2n) is 6.49. The predicted octanol–water partition coefficient (Wildman–Crippen LogP) is 2.00. The van der Waals surface area contributed by atoms with Gasteiger partial charge in [0.25, 0.3) is 0 Å². The number of nitrogens with zero attached hydrogens (tertiary/aromatic N) is 3. The maximum Gasteiger partial charge on any atom is 0.307 e. The zero-order chi connectivity index (χ0) is 18.9. The van der Waals surface area contributed by atoms with Gasteiger partial charge in [-0.25, -0.2) is 9.97 Å². The number of carbonyl (C=O) groups is 1. The molecule has 0 aliphatic carbocycles.